The Balaban J connectivity index is 2.07. The molecule has 0 aliphatic heterocycles. The molecule has 7 heteroatoms. The van der Waals surface area contributed by atoms with Crippen LogP contribution in [0.1, 0.15) is 4.88 Å². The zero-order valence-corrected chi connectivity index (χ0v) is 11.8. The molecule has 102 valence electrons. The summed E-state index contributed by atoms with van der Waals surface area (Å²) in [4.78, 5) is 1.31. The van der Waals surface area contributed by atoms with Gasteiger partial charge in [-0.05, 0) is 36.1 Å². The maximum atomic E-state index is 11.3. The van der Waals surface area contributed by atoms with E-state index in [2.05, 4.69) is 11.4 Å². The predicted octanol–water partition coefficient (Wildman–Crippen LogP) is 1.63. The summed E-state index contributed by atoms with van der Waals surface area (Å²) < 4.78 is 22.5. The van der Waals surface area contributed by atoms with Gasteiger partial charge in [0, 0.05) is 11.4 Å². The number of nitrogen functional groups attached to an aromatic ring is 1. The molecule has 2 rings (SSSR count). The lowest BCUT2D eigenvalue weighted by Crippen LogP contribution is -2.13. The average molecular weight is 297 g/mol. The van der Waals surface area contributed by atoms with E-state index in [-0.39, 0.29) is 4.90 Å². The number of anilines is 2. The molecule has 0 atom stereocenters. The molecule has 19 heavy (non-hydrogen) atoms. The number of nitrogens with two attached hydrogens (primary N) is 2. The SMILES string of the molecule is Nc1ccc(S(N)(=O)=O)cc1NCCc1cccs1. The fourth-order valence-corrected chi connectivity index (χ4v) is 2.89. The number of hydrogen-bond acceptors (Lipinski definition) is 5. The van der Waals surface area contributed by atoms with E-state index in [4.69, 9.17) is 10.9 Å². The fraction of sp³-hybridized carbons (Fsp3) is 0.167. The first-order valence-corrected chi connectivity index (χ1v) is 8.08. The second kappa shape index (κ2) is 5.60. The summed E-state index contributed by atoms with van der Waals surface area (Å²) in [6.45, 7) is 0.679. The molecule has 5 nitrogen and oxygen atoms in total. The van der Waals surface area contributed by atoms with E-state index in [1.807, 2.05) is 11.4 Å². The lowest BCUT2D eigenvalue weighted by molar-refractivity contribution is 0.598. The van der Waals surface area contributed by atoms with Gasteiger partial charge in [0.05, 0.1) is 16.3 Å². The van der Waals surface area contributed by atoms with Gasteiger partial charge in [-0.3, -0.25) is 0 Å². The van der Waals surface area contributed by atoms with Crippen LogP contribution in [0.3, 0.4) is 0 Å². The van der Waals surface area contributed by atoms with Crippen LogP contribution in [-0.2, 0) is 16.4 Å². The van der Waals surface area contributed by atoms with Crippen molar-refractivity contribution < 1.29 is 8.42 Å². The average Bonchev–Trinajstić information content (AvgIpc) is 2.83. The molecule has 5 N–H and O–H groups in total. The Hall–Kier alpha value is -1.57. The second-order valence-electron chi connectivity index (χ2n) is 4.05. The van der Waals surface area contributed by atoms with Crippen molar-refractivity contribution in [2.24, 2.45) is 5.14 Å². The van der Waals surface area contributed by atoms with Gasteiger partial charge in [-0.15, -0.1) is 11.3 Å². The van der Waals surface area contributed by atoms with Crippen molar-refractivity contribution in [1.82, 2.24) is 0 Å². The molecular formula is C12H15N3O2S2. The molecular weight excluding hydrogens is 282 g/mol. The Bertz CT molecular complexity index is 652. The van der Waals surface area contributed by atoms with Gasteiger partial charge in [-0.2, -0.15) is 0 Å². The predicted molar refractivity (Wildman–Crippen MR) is 78.7 cm³/mol. The largest absolute Gasteiger partial charge is 0.397 e. The van der Waals surface area contributed by atoms with E-state index in [1.54, 1.807) is 11.3 Å². The van der Waals surface area contributed by atoms with E-state index in [9.17, 15) is 8.42 Å². The van der Waals surface area contributed by atoms with Crippen LogP contribution < -0.4 is 16.2 Å². The minimum atomic E-state index is -3.70. The lowest BCUT2D eigenvalue weighted by Gasteiger charge is -2.10. The van der Waals surface area contributed by atoms with E-state index in [0.717, 1.165) is 6.42 Å². The van der Waals surface area contributed by atoms with Crippen LogP contribution >= 0.6 is 11.3 Å². The number of thiophene rings is 1. The van der Waals surface area contributed by atoms with Gasteiger partial charge in [0.2, 0.25) is 10.0 Å². The third kappa shape index (κ3) is 3.69. The standard InChI is InChI=1S/C12H15N3O2S2/c13-11-4-3-10(19(14,16)17)8-12(11)15-6-5-9-2-1-7-18-9/h1-4,7-8,15H,5-6,13H2,(H2,14,16,17). The molecule has 0 fully saturated rings. The number of benzene rings is 1. The highest BCUT2D eigenvalue weighted by molar-refractivity contribution is 7.89. The molecule has 0 spiro atoms. The normalized spacial score (nSPS) is 11.4. The zero-order valence-electron chi connectivity index (χ0n) is 10.2. The Labute approximate surface area is 116 Å². The first kappa shape index (κ1) is 13.9. The summed E-state index contributed by atoms with van der Waals surface area (Å²) in [5, 5.41) is 10.2. The number of primary sulfonamides is 1. The number of nitrogens with one attached hydrogen (secondary N) is 1. The van der Waals surface area contributed by atoms with Gasteiger partial charge in [0.15, 0.2) is 0 Å². The molecule has 0 saturated heterocycles. The first-order chi connectivity index (χ1) is 8.97. The summed E-state index contributed by atoms with van der Waals surface area (Å²) >= 11 is 1.68. The Morgan fingerprint density at radius 3 is 2.68 bits per heavy atom. The molecule has 0 saturated carbocycles. The highest BCUT2D eigenvalue weighted by atomic mass is 32.2. The molecule has 0 unspecified atom stereocenters. The molecule has 0 radical (unpaired) electrons. The van der Waals surface area contributed by atoms with Crippen LogP contribution in [0.2, 0.25) is 0 Å². The van der Waals surface area contributed by atoms with Crippen LogP contribution in [0.5, 0.6) is 0 Å². The summed E-state index contributed by atoms with van der Waals surface area (Å²) in [6.07, 6.45) is 0.858. The monoisotopic (exact) mass is 297 g/mol. The number of rotatable bonds is 5. The molecule has 0 aliphatic carbocycles. The molecule has 0 amide bonds. The Kier molecular flexibility index (Phi) is 4.08. The van der Waals surface area contributed by atoms with Gasteiger partial charge >= 0.3 is 0 Å². The van der Waals surface area contributed by atoms with Crippen molar-refractivity contribution in [3.8, 4) is 0 Å². The first-order valence-electron chi connectivity index (χ1n) is 5.65. The maximum Gasteiger partial charge on any atom is 0.238 e. The molecule has 0 aliphatic rings. The lowest BCUT2D eigenvalue weighted by atomic mass is 10.2. The summed E-state index contributed by atoms with van der Waals surface area (Å²) in [6, 6.07) is 8.44. The van der Waals surface area contributed by atoms with Crippen LogP contribution in [0, 0.1) is 0 Å². The van der Waals surface area contributed by atoms with Gasteiger partial charge in [-0.1, -0.05) is 6.07 Å². The molecule has 1 aromatic carbocycles. The van der Waals surface area contributed by atoms with E-state index < -0.39 is 10.0 Å². The second-order valence-corrected chi connectivity index (χ2v) is 6.64. The van der Waals surface area contributed by atoms with Crippen molar-refractivity contribution in [2.75, 3.05) is 17.6 Å². The molecule has 1 heterocycles. The van der Waals surface area contributed by atoms with Crippen molar-refractivity contribution >= 4 is 32.7 Å². The highest BCUT2D eigenvalue weighted by Crippen LogP contribution is 2.22. The maximum absolute atomic E-state index is 11.3. The highest BCUT2D eigenvalue weighted by Gasteiger charge is 2.10. The van der Waals surface area contributed by atoms with Crippen molar-refractivity contribution in [3.05, 3.63) is 40.6 Å². The third-order valence-electron chi connectivity index (χ3n) is 2.62. The Morgan fingerprint density at radius 1 is 1.26 bits per heavy atom. The minimum absolute atomic E-state index is 0.0559. The van der Waals surface area contributed by atoms with Gasteiger partial charge in [-0.25, -0.2) is 13.6 Å². The van der Waals surface area contributed by atoms with Gasteiger partial charge in [0.1, 0.15) is 0 Å². The number of sulfonamides is 1. The van der Waals surface area contributed by atoms with Gasteiger partial charge in [0.25, 0.3) is 0 Å². The summed E-state index contributed by atoms with van der Waals surface area (Å²) in [5.41, 5.74) is 6.88. The van der Waals surface area contributed by atoms with E-state index >= 15 is 0 Å². The van der Waals surface area contributed by atoms with E-state index in [1.165, 1.54) is 23.1 Å². The van der Waals surface area contributed by atoms with Crippen molar-refractivity contribution in [1.29, 1.82) is 0 Å². The fourth-order valence-electron chi connectivity index (χ4n) is 1.64. The number of hydrogen-bond donors (Lipinski definition) is 3. The molecule has 0 bridgehead atoms. The molecule has 2 aromatic rings. The van der Waals surface area contributed by atoms with Crippen LogP contribution in [0.15, 0.2) is 40.6 Å². The van der Waals surface area contributed by atoms with Crippen molar-refractivity contribution in [2.45, 2.75) is 11.3 Å². The minimum Gasteiger partial charge on any atom is -0.397 e. The van der Waals surface area contributed by atoms with Crippen LogP contribution in [0.4, 0.5) is 11.4 Å². The van der Waals surface area contributed by atoms with Crippen LogP contribution in [0.25, 0.3) is 0 Å². The summed E-state index contributed by atoms with van der Waals surface area (Å²) in [5.74, 6) is 0. The summed E-state index contributed by atoms with van der Waals surface area (Å²) in [7, 11) is -3.70. The van der Waals surface area contributed by atoms with Crippen LogP contribution in [-0.4, -0.2) is 15.0 Å². The van der Waals surface area contributed by atoms with Gasteiger partial charge < -0.3 is 11.1 Å². The smallest absolute Gasteiger partial charge is 0.238 e. The third-order valence-corrected chi connectivity index (χ3v) is 4.47. The quantitative estimate of drug-likeness (QED) is 0.731. The zero-order chi connectivity index (χ0) is 13.9. The topological polar surface area (TPSA) is 98.2 Å². The van der Waals surface area contributed by atoms with Crippen molar-refractivity contribution in [3.63, 3.8) is 0 Å². The van der Waals surface area contributed by atoms with E-state index in [0.29, 0.717) is 17.9 Å². The molecule has 1 aromatic heterocycles. The Morgan fingerprint density at radius 2 is 2.05 bits per heavy atom.